The monoisotopic (exact) mass is 232 g/mol. The molecule has 88 valence electrons. The lowest BCUT2D eigenvalue weighted by atomic mass is 10.3. The Kier molecular flexibility index (Phi) is 3.29. The lowest BCUT2D eigenvalue weighted by Gasteiger charge is -2.05. The first kappa shape index (κ1) is 11.1. The molecule has 0 saturated heterocycles. The zero-order chi connectivity index (χ0) is 12.1. The molecule has 0 spiro atoms. The van der Waals surface area contributed by atoms with Gasteiger partial charge in [0, 0.05) is 7.05 Å². The summed E-state index contributed by atoms with van der Waals surface area (Å²) in [7, 11) is 1.57. The van der Waals surface area contributed by atoms with Crippen molar-refractivity contribution in [2.24, 2.45) is 0 Å². The molecule has 0 fully saturated rings. The van der Waals surface area contributed by atoms with Crippen molar-refractivity contribution < 1.29 is 4.79 Å². The molecule has 0 atom stereocenters. The summed E-state index contributed by atoms with van der Waals surface area (Å²) in [5.74, 6) is 0.299. The molecule has 0 radical (unpaired) electrons. The van der Waals surface area contributed by atoms with Crippen molar-refractivity contribution >= 4 is 11.9 Å². The number of carbonyl (C=O) groups excluding carboxylic acids is 1. The quantitative estimate of drug-likeness (QED) is 0.764. The van der Waals surface area contributed by atoms with E-state index in [9.17, 15) is 4.79 Å². The van der Waals surface area contributed by atoms with Crippen LogP contribution in [0, 0.1) is 0 Å². The van der Waals surface area contributed by atoms with E-state index >= 15 is 0 Å². The van der Waals surface area contributed by atoms with Gasteiger partial charge in [0.25, 0.3) is 0 Å². The van der Waals surface area contributed by atoms with Crippen LogP contribution in [0.4, 0.5) is 5.95 Å². The van der Waals surface area contributed by atoms with Crippen LogP contribution in [-0.2, 0) is 4.79 Å². The van der Waals surface area contributed by atoms with Crippen LogP contribution in [0.25, 0.3) is 5.69 Å². The number of rotatable bonds is 4. The summed E-state index contributed by atoms with van der Waals surface area (Å²) >= 11 is 0. The Balaban J connectivity index is 2.15. The van der Waals surface area contributed by atoms with Crippen LogP contribution >= 0.6 is 0 Å². The Hall–Kier alpha value is -2.44. The lowest BCUT2D eigenvalue weighted by Crippen LogP contribution is -2.27. The summed E-state index contributed by atoms with van der Waals surface area (Å²) in [6.07, 6.45) is 0. The number of hydrogen-bond donors (Lipinski definition) is 2. The Morgan fingerprint density at radius 3 is 2.82 bits per heavy atom. The van der Waals surface area contributed by atoms with Crippen LogP contribution in [0.2, 0.25) is 0 Å². The maximum Gasteiger partial charge on any atom is 0.248 e. The zero-order valence-electron chi connectivity index (χ0n) is 9.29. The minimum Gasteiger partial charge on any atom is -0.358 e. The number of nitrogens with one attached hydrogen (secondary N) is 2. The number of nitrogens with zero attached hydrogens (tertiary/aromatic N) is 4. The number of benzene rings is 1. The molecule has 0 unspecified atom stereocenters. The van der Waals surface area contributed by atoms with Gasteiger partial charge in [0.2, 0.25) is 11.9 Å². The first-order valence-corrected chi connectivity index (χ1v) is 5.09. The van der Waals surface area contributed by atoms with Crippen molar-refractivity contribution in [2.75, 3.05) is 18.9 Å². The van der Waals surface area contributed by atoms with Crippen molar-refractivity contribution in [3.8, 4) is 5.69 Å². The molecule has 0 aliphatic heterocycles. The lowest BCUT2D eigenvalue weighted by molar-refractivity contribution is -0.118. The van der Waals surface area contributed by atoms with Crippen molar-refractivity contribution in [1.82, 2.24) is 25.5 Å². The highest BCUT2D eigenvalue weighted by molar-refractivity contribution is 5.79. The average Bonchev–Trinajstić information content (AvgIpc) is 2.85. The minimum absolute atomic E-state index is 0.129. The fourth-order valence-corrected chi connectivity index (χ4v) is 1.29. The molecule has 0 saturated carbocycles. The van der Waals surface area contributed by atoms with Gasteiger partial charge < -0.3 is 10.6 Å². The van der Waals surface area contributed by atoms with E-state index in [0.29, 0.717) is 5.95 Å². The number of anilines is 1. The van der Waals surface area contributed by atoms with Crippen LogP contribution in [0.3, 0.4) is 0 Å². The molecule has 0 bridgehead atoms. The molecular formula is C10H12N6O. The van der Waals surface area contributed by atoms with E-state index in [1.807, 2.05) is 30.3 Å². The Bertz CT molecular complexity index is 495. The number of amides is 1. The average molecular weight is 232 g/mol. The standard InChI is InChI=1S/C10H12N6O/c1-11-9(17)7-12-10-13-14-15-16(10)8-5-3-2-4-6-8/h2-6H,7H2,1H3,(H,11,17)(H,12,13,15). The highest BCUT2D eigenvalue weighted by Crippen LogP contribution is 2.09. The number of likely N-dealkylation sites (N-methyl/N-ethyl adjacent to an activating group) is 1. The smallest absolute Gasteiger partial charge is 0.248 e. The SMILES string of the molecule is CNC(=O)CNc1nnnn1-c1ccccc1. The molecular weight excluding hydrogens is 220 g/mol. The molecule has 2 N–H and O–H groups in total. The minimum atomic E-state index is -0.132. The topological polar surface area (TPSA) is 84.7 Å². The van der Waals surface area contributed by atoms with Gasteiger partial charge in [0.05, 0.1) is 12.2 Å². The number of tetrazole rings is 1. The van der Waals surface area contributed by atoms with Gasteiger partial charge in [-0.25, -0.2) is 0 Å². The largest absolute Gasteiger partial charge is 0.358 e. The molecule has 1 heterocycles. The third-order valence-corrected chi connectivity index (χ3v) is 2.16. The van der Waals surface area contributed by atoms with Crippen molar-refractivity contribution in [2.45, 2.75) is 0 Å². The number of hydrogen-bond acceptors (Lipinski definition) is 5. The predicted octanol–water partition coefficient (Wildman–Crippen LogP) is -0.180. The molecule has 1 aromatic carbocycles. The molecule has 2 aromatic rings. The maximum atomic E-state index is 11.1. The number of aromatic nitrogens is 4. The Morgan fingerprint density at radius 2 is 2.12 bits per heavy atom. The van der Waals surface area contributed by atoms with E-state index in [-0.39, 0.29) is 12.5 Å². The zero-order valence-corrected chi connectivity index (χ0v) is 9.29. The third-order valence-electron chi connectivity index (χ3n) is 2.16. The molecule has 7 nitrogen and oxygen atoms in total. The van der Waals surface area contributed by atoms with Crippen molar-refractivity contribution in [1.29, 1.82) is 0 Å². The second-order valence-electron chi connectivity index (χ2n) is 3.28. The first-order valence-electron chi connectivity index (χ1n) is 5.09. The molecule has 1 amide bonds. The Labute approximate surface area is 97.8 Å². The van der Waals surface area contributed by atoms with Gasteiger partial charge in [-0.2, -0.15) is 4.68 Å². The third kappa shape index (κ3) is 2.57. The van der Waals surface area contributed by atoms with Crippen LogP contribution in [0.15, 0.2) is 30.3 Å². The molecule has 2 rings (SSSR count). The molecule has 17 heavy (non-hydrogen) atoms. The summed E-state index contributed by atoms with van der Waals surface area (Å²) in [5.41, 5.74) is 0.830. The number of para-hydroxylation sites is 1. The van der Waals surface area contributed by atoms with E-state index in [1.54, 1.807) is 7.05 Å². The van der Waals surface area contributed by atoms with Crippen LogP contribution in [0.5, 0.6) is 0 Å². The van der Waals surface area contributed by atoms with Gasteiger partial charge >= 0.3 is 0 Å². The predicted molar refractivity (Wildman–Crippen MR) is 61.7 cm³/mol. The first-order chi connectivity index (χ1) is 8.31. The number of carbonyl (C=O) groups is 1. The molecule has 0 aliphatic rings. The molecule has 7 heteroatoms. The van der Waals surface area contributed by atoms with E-state index in [1.165, 1.54) is 4.68 Å². The highest BCUT2D eigenvalue weighted by Gasteiger charge is 2.08. The van der Waals surface area contributed by atoms with E-state index < -0.39 is 0 Å². The summed E-state index contributed by atoms with van der Waals surface area (Å²) in [4.78, 5) is 11.1. The molecule has 0 aliphatic carbocycles. The maximum absolute atomic E-state index is 11.1. The molecule has 1 aromatic heterocycles. The fourth-order valence-electron chi connectivity index (χ4n) is 1.29. The normalized spacial score (nSPS) is 9.94. The van der Waals surface area contributed by atoms with Crippen molar-refractivity contribution in [3.63, 3.8) is 0 Å². The summed E-state index contributed by atoms with van der Waals surface area (Å²) in [6, 6.07) is 9.44. The van der Waals surface area contributed by atoms with Gasteiger partial charge in [-0.05, 0) is 22.6 Å². The van der Waals surface area contributed by atoms with Gasteiger partial charge in [-0.15, -0.1) is 0 Å². The van der Waals surface area contributed by atoms with Crippen LogP contribution < -0.4 is 10.6 Å². The van der Waals surface area contributed by atoms with E-state index in [0.717, 1.165) is 5.69 Å². The van der Waals surface area contributed by atoms with Gasteiger partial charge in [0.15, 0.2) is 0 Å². The summed E-state index contributed by atoms with van der Waals surface area (Å²) in [5, 5.41) is 16.6. The summed E-state index contributed by atoms with van der Waals surface area (Å²) in [6.45, 7) is 0.129. The van der Waals surface area contributed by atoms with Gasteiger partial charge in [-0.1, -0.05) is 23.3 Å². The Morgan fingerprint density at radius 1 is 1.35 bits per heavy atom. The van der Waals surface area contributed by atoms with Gasteiger partial charge in [-0.3, -0.25) is 4.79 Å². The second kappa shape index (κ2) is 5.06. The highest BCUT2D eigenvalue weighted by atomic mass is 16.1. The van der Waals surface area contributed by atoms with Crippen molar-refractivity contribution in [3.05, 3.63) is 30.3 Å². The van der Waals surface area contributed by atoms with Crippen LogP contribution in [-0.4, -0.2) is 39.7 Å². The van der Waals surface area contributed by atoms with Gasteiger partial charge in [0.1, 0.15) is 0 Å². The van der Waals surface area contributed by atoms with E-state index in [4.69, 9.17) is 0 Å². The van der Waals surface area contributed by atoms with E-state index in [2.05, 4.69) is 26.2 Å². The van der Waals surface area contributed by atoms with Crippen LogP contribution in [0.1, 0.15) is 0 Å². The summed E-state index contributed by atoms with van der Waals surface area (Å²) < 4.78 is 1.53. The second-order valence-corrected chi connectivity index (χ2v) is 3.28. The fraction of sp³-hybridized carbons (Fsp3) is 0.200.